The van der Waals surface area contributed by atoms with Crippen LogP contribution in [0.25, 0.3) is 10.9 Å². The van der Waals surface area contributed by atoms with Gasteiger partial charge in [0.1, 0.15) is 5.82 Å². The third kappa shape index (κ3) is 3.11. The lowest BCUT2D eigenvalue weighted by Gasteiger charge is -2.03. The minimum absolute atomic E-state index is 0.704. The molecule has 0 aliphatic carbocycles. The maximum absolute atomic E-state index is 4.32. The highest BCUT2D eigenvalue weighted by Crippen LogP contribution is 2.21. The molecule has 0 aliphatic heterocycles. The van der Waals surface area contributed by atoms with Gasteiger partial charge in [0.05, 0.1) is 6.54 Å². The van der Waals surface area contributed by atoms with E-state index in [2.05, 4.69) is 57.2 Å². The molecule has 4 nitrogen and oxygen atoms in total. The molecule has 4 heteroatoms. The maximum Gasteiger partial charge on any atom is 0.147 e. The highest BCUT2D eigenvalue weighted by Gasteiger charge is 2.08. The summed E-state index contributed by atoms with van der Waals surface area (Å²) in [6.07, 6.45) is 6.94. The molecule has 2 heterocycles. The lowest BCUT2D eigenvalue weighted by molar-refractivity contribution is 0.674. The summed E-state index contributed by atoms with van der Waals surface area (Å²) >= 11 is 0. The molecule has 1 N–H and O–H groups in total. The molecule has 0 fully saturated rings. The van der Waals surface area contributed by atoms with Crippen molar-refractivity contribution in [3.05, 3.63) is 60.3 Å². The van der Waals surface area contributed by atoms with Crippen molar-refractivity contribution in [3.63, 3.8) is 0 Å². The number of nitrogens with zero attached hydrogens (tertiary/aromatic N) is 3. The summed E-state index contributed by atoms with van der Waals surface area (Å²) < 4.78 is 2.23. The van der Waals surface area contributed by atoms with Crippen molar-refractivity contribution >= 4 is 10.9 Å². The molecule has 0 unspecified atom stereocenters. The summed E-state index contributed by atoms with van der Waals surface area (Å²) in [5.74, 6) is 0.839. The highest BCUT2D eigenvalue weighted by atomic mass is 15.0. The van der Waals surface area contributed by atoms with Gasteiger partial charge in [0.2, 0.25) is 0 Å². The molecule has 108 valence electrons. The standard InChI is InChI=1S/C17H20N4/c1-2-8-18-11-14-12-21(13-17-19-9-5-10-20-17)16-7-4-3-6-15(14)16/h3-7,9-10,12,18H,2,8,11,13H2,1H3. The fourth-order valence-electron chi connectivity index (χ4n) is 2.56. The van der Waals surface area contributed by atoms with Gasteiger partial charge in [-0.2, -0.15) is 0 Å². The van der Waals surface area contributed by atoms with Crippen molar-refractivity contribution in [1.29, 1.82) is 0 Å². The molecule has 3 aromatic rings. The largest absolute Gasteiger partial charge is 0.339 e. The molecule has 0 amide bonds. The van der Waals surface area contributed by atoms with E-state index >= 15 is 0 Å². The number of nitrogens with one attached hydrogen (secondary N) is 1. The number of aromatic nitrogens is 3. The summed E-state index contributed by atoms with van der Waals surface area (Å²) in [4.78, 5) is 8.64. The smallest absolute Gasteiger partial charge is 0.147 e. The van der Waals surface area contributed by atoms with Gasteiger partial charge in [-0.3, -0.25) is 0 Å². The number of para-hydroxylation sites is 1. The van der Waals surface area contributed by atoms with Crippen molar-refractivity contribution in [2.24, 2.45) is 0 Å². The van der Waals surface area contributed by atoms with Crippen molar-refractivity contribution in [2.75, 3.05) is 6.54 Å². The first-order valence-electron chi connectivity index (χ1n) is 7.42. The lowest BCUT2D eigenvalue weighted by atomic mass is 10.2. The Hall–Kier alpha value is -2.20. The van der Waals surface area contributed by atoms with E-state index in [1.54, 1.807) is 12.4 Å². The predicted molar refractivity (Wildman–Crippen MR) is 85.1 cm³/mol. The maximum atomic E-state index is 4.32. The summed E-state index contributed by atoms with van der Waals surface area (Å²) in [7, 11) is 0. The van der Waals surface area contributed by atoms with Crippen molar-refractivity contribution in [1.82, 2.24) is 19.9 Å². The Morgan fingerprint density at radius 2 is 1.90 bits per heavy atom. The van der Waals surface area contributed by atoms with Crippen LogP contribution in [0.5, 0.6) is 0 Å². The van der Waals surface area contributed by atoms with Crippen LogP contribution in [-0.2, 0) is 13.1 Å². The Kier molecular flexibility index (Phi) is 4.26. The van der Waals surface area contributed by atoms with Crippen molar-refractivity contribution in [2.45, 2.75) is 26.4 Å². The van der Waals surface area contributed by atoms with Gasteiger partial charge in [-0.25, -0.2) is 9.97 Å². The molecule has 2 aromatic heterocycles. The minimum Gasteiger partial charge on any atom is -0.339 e. The number of rotatable bonds is 6. The van der Waals surface area contributed by atoms with Gasteiger partial charge in [0.25, 0.3) is 0 Å². The van der Waals surface area contributed by atoms with Crippen LogP contribution in [0.2, 0.25) is 0 Å². The van der Waals surface area contributed by atoms with Gasteiger partial charge in [-0.1, -0.05) is 25.1 Å². The second kappa shape index (κ2) is 6.50. The van der Waals surface area contributed by atoms with Crippen LogP contribution in [0.4, 0.5) is 0 Å². The molecule has 0 aliphatic rings. The monoisotopic (exact) mass is 280 g/mol. The molecule has 0 bridgehead atoms. The zero-order valence-electron chi connectivity index (χ0n) is 12.3. The van der Waals surface area contributed by atoms with E-state index in [-0.39, 0.29) is 0 Å². The number of benzene rings is 1. The van der Waals surface area contributed by atoms with Crippen LogP contribution in [0, 0.1) is 0 Å². The van der Waals surface area contributed by atoms with Crippen LogP contribution in [0.3, 0.4) is 0 Å². The Balaban J connectivity index is 1.91. The first kappa shape index (κ1) is 13.8. The molecule has 0 saturated heterocycles. The molecule has 0 spiro atoms. The summed E-state index contributed by atoms with van der Waals surface area (Å²) in [6, 6.07) is 10.3. The number of hydrogen-bond acceptors (Lipinski definition) is 3. The van der Waals surface area contributed by atoms with Gasteiger partial charge < -0.3 is 9.88 Å². The summed E-state index contributed by atoms with van der Waals surface area (Å²) in [6.45, 7) is 4.83. The van der Waals surface area contributed by atoms with E-state index in [1.165, 1.54) is 16.5 Å². The van der Waals surface area contributed by atoms with E-state index in [9.17, 15) is 0 Å². The third-order valence-electron chi connectivity index (χ3n) is 3.54. The second-order valence-electron chi connectivity index (χ2n) is 5.14. The fraction of sp³-hybridized carbons (Fsp3) is 0.294. The minimum atomic E-state index is 0.704. The molecular weight excluding hydrogens is 260 g/mol. The molecular formula is C17H20N4. The van der Waals surface area contributed by atoms with Crippen LogP contribution in [-0.4, -0.2) is 21.1 Å². The number of hydrogen-bond donors (Lipinski definition) is 1. The van der Waals surface area contributed by atoms with E-state index in [4.69, 9.17) is 0 Å². The van der Waals surface area contributed by atoms with Crippen LogP contribution < -0.4 is 5.32 Å². The molecule has 0 radical (unpaired) electrons. The van der Waals surface area contributed by atoms with E-state index in [0.717, 1.165) is 25.3 Å². The SMILES string of the molecule is CCCNCc1cn(Cc2ncccn2)c2ccccc12. The normalized spacial score (nSPS) is 11.1. The van der Waals surface area contributed by atoms with Gasteiger partial charge in [0.15, 0.2) is 0 Å². The predicted octanol–water partition coefficient (Wildman–Crippen LogP) is 2.98. The molecule has 21 heavy (non-hydrogen) atoms. The Morgan fingerprint density at radius 1 is 1.10 bits per heavy atom. The topological polar surface area (TPSA) is 42.7 Å². The van der Waals surface area contributed by atoms with E-state index in [0.29, 0.717) is 6.54 Å². The average Bonchev–Trinajstić information content (AvgIpc) is 2.87. The first-order chi connectivity index (χ1) is 10.4. The summed E-state index contributed by atoms with van der Waals surface area (Å²) in [5, 5.41) is 4.78. The quantitative estimate of drug-likeness (QED) is 0.706. The van der Waals surface area contributed by atoms with Gasteiger partial charge in [-0.15, -0.1) is 0 Å². The highest BCUT2D eigenvalue weighted by molar-refractivity contribution is 5.84. The zero-order valence-corrected chi connectivity index (χ0v) is 12.3. The van der Waals surface area contributed by atoms with Gasteiger partial charge >= 0.3 is 0 Å². The van der Waals surface area contributed by atoms with E-state index < -0.39 is 0 Å². The van der Waals surface area contributed by atoms with Crippen LogP contribution in [0.15, 0.2) is 48.9 Å². The van der Waals surface area contributed by atoms with Crippen LogP contribution >= 0.6 is 0 Å². The first-order valence-corrected chi connectivity index (χ1v) is 7.42. The summed E-state index contributed by atoms with van der Waals surface area (Å²) in [5.41, 5.74) is 2.56. The Labute approximate surface area is 124 Å². The Morgan fingerprint density at radius 3 is 2.71 bits per heavy atom. The fourth-order valence-corrected chi connectivity index (χ4v) is 2.56. The van der Waals surface area contributed by atoms with E-state index in [1.807, 2.05) is 6.07 Å². The molecule has 0 saturated carbocycles. The molecule has 3 rings (SSSR count). The third-order valence-corrected chi connectivity index (χ3v) is 3.54. The van der Waals surface area contributed by atoms with Crippen molar-refractivity contribution in [3.8, 4) is 0 Å². The molecule has 0 atom stereocenters. The average molecular weight is 280 g/mol. The van der Waals surface area contributed by atoms with Gasteiger partial charge in [-0.05, 0) is 30.7 Å². The lowest BCUT2D eigenvalue weighted by Crippen LogP contribution is -2.13. The zero-order chi connectivity index (χ0) is 14.5. The number of fused-ring (bicyclic) bond motifs is 1. The van der Waals surface area contributed by atoms with Gasteiger partial charge in [0, 0.05) is 36.0 Å². The van der Waals surface area contributed by atoms with Crippen molar-refractivity contribution < 1.29 is 0 Å². The Bertz CT molecular complexity index is 703. The van der Waals surface area contributed by atoms with Crippen LogP contribution in [0.1, 0.15) is 24.7 Å². The second-order valence-corrected chi connectivity index (χ2v) is 5.14. The molecule has 1 aromatic carbocycles.